The molecule has 1 aliphatic rings. The molecule has 0 fully saturated rings. The van der Waals surface area contributed by atoms with Gasteiger partial charge in [0.2, 0.25) is 5.90 Å². The van der Waals surface area contributed by atoms with Crippen LogP contribution >= 0.6 is 34.8 Å². The summed E-state index contributed by atoms with van der Waals surface area (Å²) in [6.45, 7) is 4.12. The number of ether oxygens (including phenoxy) is 1. The van der Waals surface area contributed by atoms with Crippen LogP contribution in [0, 0.1) is 5.92 Å². The van der Waals surface area contributed by atoms with E-state index in [9.17, 15) is 0 Å². The smallest absolute Gasteiger partial charge is 0.266 e. The molecule has 1 aliphatic heterocycles. The number of halogens is 3. The first-order valence-electron chi connectivity index (χ1n) is 6.43. The third-order valence-corrected chi connectivity index (χ3v) is 3.52. The van der Waals surface area contributed by atoms with Gasteiger partial charge in [-0.15, -0.1) is 0 Å². The maximum Gasteiger partial charge on any atom is 0.266 e. The maximum absolute atomic E-state index is 5.84. The lowest BCUT2D eigenvalue weighted by Gasteiger charge is -2.20. The van der Waals surface area contributed by atoms with E-state index in [-0.39, 0.29) is 24.0 Å². The molecule has 0 aromatic heterocycles. The maximum atomic E-state index is 5.84. The lowest BCUT2D eigenvalue weighted by atomic mass is 9.99. The molecular formula is C15H16Cl3NO. The summed E-state index contributed by atoms with van der Waals surface area (Å²) in [4.78, 5) is 4.39. The Morgan fingerprint density at radius 3 is 2.40 bits per heavy atom. The second kappa shape index (κ2) is 6.38. The van der Waals surface area contributed by atoms with Crippen LogP contribution in [0.1, 0.15) is 19.4 Å². The standard InChI is InChI=1S/C15H16Cl3NO/c1-10(2)13-12(19-14(20-13)15(16,17)18)9-8-11-6-4-3-5-7-11/h3-10,12-13H,1-2H3/b9-8+/t12-,13+/m0/s1. The zero-order chi connectivity index (χ0) is 14.8. The molecule has 0 N–H and O–H groups in total. The predicted octanol–water partition coefficient (Wildman–Crippen LogP) is 4.89. The van der Waals surface area contributed by atoms with Gasteiger partial charge >= 0.3 is 0 Å². The molecule has 0 aliphatic carbocycles. The molecule has 5 heteroatoms. The average Bonchev–Trinajstić information content (AvgIpc) is 2.82. The third-order valence-electron chi connectivity index (χ3n) is 3.04. The van der Waals surface area contributed by atoms with E-state index in [1.807, 2.05) is 42.5 Å². The molecule has 0 spiro atoms. The van der Waals surface area contributed by atoms with Crippen molar-refractivity contribution in [2.45, 2.75) is 29.8 Å². The third kappa shape index (κ3) is 3.91. The number of nitrogens with zero attached hydrogens (tertiary/aromatic N) is 1. The van der Waals surface area contributed by atoms with E-state index in [0.29, 0.717) is 0 Å². The van der Waals surface area contributed by atoms with Crippen molar-refractivity contribution in [2.75, 3.05) is 0 Å². The Labute approximate surface area is 134 Å². The molecule has 1 aromatic carbocycles. The molecule has 108 valence electrons. The molecule has 0 unspecified atom stereocenters. The summed E-state index contributed by atoms with van der Waals surface area (Å²) in [6.07, 6.45) is 3.89. The Morgan fingerprint density at radius 1 is 1.20 bits per heavy atom. The Bertz CT molecular complexity index is 506. The Morgan fingerprint density at radius 2 is 1.85 bits per heavy atom. The summed E-state index contributed by atoms with van der Waals surface area (Å²) in [6, 6.07) is 9.86. The SMILES string of the molecule is CC(C)[C@H]1OC(C(Cl)(Cl)Cl)=N[C@H]1/C=C/c1ccccc1. The quantitative estimate of drug-likeness (QED) is 0.722. The molecule has 2 atom stereocenters. The van der Waals surface area contributed by atoms with Gasteiger partial charge in [-0.05, 0) is 11.5 Å². The van der Waals surface area contributed by atoms with Crippen molar-refractivity contribution in [2.24, 2.45) is 10.9 Å². The molecule has 1 heterocycles. The van der Waals surface area contributed by atoms with Crippen molar-refractivity contribution < 1.29 is 4.74 Å². The highest BCUT2D eigenvalue weighted by Crippen LogP contribution is 2.35. The first-order chi connectivity index (χ1) is 9.38. The van der Waals surface area contributed by atoms with Crippen molar-refractivity contribution in [3.63, 3.8) is 0 Å². The number of benzene rings is 1. The monoisotopic (exact) mass is 331 g/mol. The molecule has 0 bridgehead atoms. The fourth-order valence-corrected chi connectivity index (χ4v) is 2.31. The highest BCUT2D eigenvalue weighted by Gasteiger charge is 2.40. The van der Waals surface area contributed by atoms with E-state index in [0.717, 1.165) is 5.56 Å². The van der Waals surface area contributed by atoms with Crippen LogP contribution in [0.3, 0.4) is 0 Å². The number of alkyl halides is 3. The van der Waals surface area contributed by atoms with E-state index in [1.54, 1.807) is 0 Å². The van der Waals surface area contributed by atoms with Crippen LogP contribution in [0.5, 0.6) is 0 Å². The predicted molar refractivity (Wildman–Crippen MR) is 86.7 cm³/mol. The van der Waals surface area contributed by atoms with Crippen molar-refractivity contribution in [1.82, 2.24) is 0 Å². The topological polar surface area (TPSA) is 21.6 Å². The van der Waals surface area contributed by atoms with Gasteiger partial charge in [-0.2, -0.15) is 0 Å². The number of aliphatic imine (C=N–C) groups is 1. The number of rotatable bonds is 3. The number of hydrogen-bond donors (Lipinski definition) is 0. The van der Waals surface area contributed by atoms with Crippen molar-refractivity contribution >= 4 is 46.8 Å². The molecule has 0 saturated heterocycles. The van der Waals surface area contributed by atoms with E-state index in [1.165, 1.54) is 0 Å². The van der Waals surface area contributed by atoms with E-state index >= 15 is 0 Å². The second-order valence-electron chi connectivity index (χ2n) is 5.02. The van der Waals surface area contributed by atoms with E-state index in [2.05, 4.69) is 18.8 Å². The molecule has 0 amide bonds. The van der Waals surface area contributed by atoms with Gasteiger partial charge in [0.15, 0.2) is 0 Å². The van der Waals surface area contributed by atoms with E-state index < -0.39 is 3.79 Å². The van der Waals surface area contributed by atoms with Crippen molar-refractivity contribution in [3.05, 3.63) is 42.0 Å². The van der Waals surface area contributed by atoms with Gasteiger partial charge in [0.25, 0.3) is 3.79 Å². The van der Waals surface area contributed by atoms with E-state index in [4.69, 9.17) is 39.5 Å². The van der Waals surface area contributed by atoms with Crippen LogP contribution < -0.4 is 0 Å². The Balaban J connectivity index is 2.19. The first kappa shape index (κ1) is 15.7. The molecule has 2 rings (SSSR count). The summed E-state index contributed by atoms with van der Waals surface area (Å²) in [5.41, 5.74) is 1.10. The summed E-state index contributed by atoms with van der Waals surface area (Å²) in [5.74, 6) is 0.443. The van der Waals surface area contributed by atoms with Crippen molar-refractivity contribution in [3.8, 4) is 0 Å². The average molecular weight is 333 g/mol. The summed E-state index contributed by atoms with van der Waals surface area (Å²) in [7, 11) is 0. The molecule has 2 nitrogen and oxygen atoms in total. The van der Waals surface area contributed by atoms with Crippen LogP contribution in [0.4, 0.5) is 0 Å². The van der Waals surface area contributed by atoms with Crippen LogP contribution in [0.25, 0.3) is 6.08 Å². The summed E-state index contributed by atoms with van der Waals surface area (Å²) < 4.78 is 4.08. The highest BCUT2D eigenvalue weighted by molar-refractivity contribution is 6.76. The van der Waals surface area contributed by atoms with Gasteiger partial charge in [-0.25, -0.2) is 4.99 Å². The fourth-order valence-electron chi connectivity index (χ4n) is 2.03. The fraction of sp³-hybridized carbons (Fsp3) is 0.400. The number of hydrogen-bond acceptors (Lipinski definition) is 2. The zero-order valence-corrected chi connectivity index (χ0v) is 13.5. The highest BCUT2D eigenvalue weighted by atomic mass is 35.6. The molecule has 1 aromatic rings. The minimum Gasteiger partial charge on any atom is -0.472 e. The van der Waals surface area contributed by atoms with Crippen LogP contribution in [-0.4, -0.2) is 21.8 Å². The summed E-state index contributed by atoms with van der Waals surface area (Å²) in [5, 5.41) is 0. The molecule has 0 saturated carbocycles. The molecular weight excluding hydrogens is 317 g/mol. The van der Waals surface area contributed by atoms with Crippen molar-refractivity contribution in [1.29, 1.82) is 0 Å². The van der Waals surface area contributed by atoms with Gasteiger partial charge in [0.1, 0.15) is 12.1 Å². The first-order valence-corrected chi connectivity index (χ1v) is 7.56. The van der Waals surface area contributed by atoms with Gasteiger partial charge in [-0.1, -0.05) is 91.1 Å². The lowest BCUT2D eigenvalue weighted by molar-refractivity contribution is 0.151. The van der Waals surface area contributed by atoms with Gasteiger partial charge in [0.05, 0.1) is 0 Å². The molecule has 20 heavy (non-hydrogen) atoms. The lowest BCUT2D eigenvalue weighted by Crippen LogP contribution is -2.29. The summed E-state index contributed by atoms with van der Waals surface area (Å²) >= 11 is 17.5. The molecule has 0 radical (unpaired) electrons. The van der Waals surface area contributed by atoms with Crippen LogP contribution in [0.2, 0.25) is 0 Å². The minimum absolute atomic E-state index is 0.111. The second-order valence-corrected chi connectivity index (χ2v) is 7.30. The zero-order valence-electron chi connectivity index (χ0n) is 11.3. The van der Waals surface area contributed by atoms with Gasteiger partial charge < -0.3 is 4.74 Å². The van der Waals surface area contributed by atoms with Crippen LogP contribution in [0.15, 0.2) is 41.4 Å². The Kier molecular flexibility index (Phi) is 5.00. The Hall–Kier alpha value is -0.700. The normalized spacial score (nSPS) is 23.2. The van der Waals surface area contributed by atoms with Gasteiger partial charge in [0, 0.05) is 0 Å². The van der Waals surface area contributed by atoms with Crippen LogP contribution in [-0.2, 0) is 4.74 Å². The minimum atomic E-state index is -1.61. The van der Waals surface area contributed by atoms with Gasteiger partial charge in [-0.3, -0.25) is 0 Å². The largest absolute Gasteiger partial charge is 0.472 e.